The zero-order chi connectivity index (χ0) is 15.4. The zero-order valence-electron chi connectivity index (χ0n) is 13.5. The highest BCUT2D eigenvalue weighted by Crippen LogP contribution is 2.36. The van der Waals surface area contributed by atoms with Crippen molar-refractivity contribution in [3.63, 3.8) is 0 Å². The van der Waals surface area contributed by atoms with Crippen LogP contribution in [0.15, 0.2) is 18.2 Å². The van der Waals surface area contributed by atoms with E-state index in [0.717, 1.165) is 27.9 Å². The smallest absolute Gasteiger partial charge is 0.399 e. The van der Waals surface area contributed by atoms with E-state index in [1.807, 2.05) is 26.0 Å². The lowest BCUT2D eigenvalue weighted by Crippen LogP contribution is -2.41. The number of aromatic nitrogens is 2. The lowest BCUT2D eigenvalue weighted by atomic mass is 9.78. The zero-order valence-corrected chi connectivity index (χ0v) is 13.5. The predicted molar refractivity (Wildman–Crippen MR) is 84.7 cm³/mol. The molecule has 1 aliphatic heterocycles. The second-order valence-corrected chi connectivity index (χ2v) is 6.72. The minimum atomic E-state index is -0.347. The molecule has 0 N–H and O–H groups in total. The fourth-order valence-electron chi connectivity index (χ4n) is 2.57. The van der Waals surface area contributed by atoms with Gasteiger partial charge in [-0.3, -0.25) is 0 Å². The number of rotatable bonds is 1. The van der Waals surface area contributed by atoms with Crippen molar-refractivity contribution >= 4 is 23.5 Å². The Hall–Kier alpha value is -1.46. The summed E-state index contributed by atoms with van der Waals surface area (Å²) in [6.07, 6.45) is 0. The minimum Gasteiger partial charge on any atom is -0.399 e. The fraction of sp³-hybridized carbons (Fsp3) is 0.500. The first-order valence-corrected chi connectivity index (χ1v) is 7.30. The lowest BCUT2D eigenvalue weighted by molar-refractivity contribution is 0.00578. The Morgan fingerprint density at radius 3 is 2.19 bits per heavy atom. The van der Waals surface area contributed by atoms with Gasteiger partial charge >= 0.3 is 7.12 Å². The van der Waals surface area contributed by atoms with Crippen molar-refractivity contribution in [3.8, 4) is 0 Å². The summed E-state index contributed by atoms with van der Waals surface area (Å²) >= 11 is 0. The number of hydrogen-bond donors (Lipinski definition) is 0. The van der Waals surface area contributed by atoms with E-state index < -0.39 is 0 Å². The summed E-state index contributed by atoms with van der Waals surface area (Å²) in [6, 6.07) is 6.11. The molecule has 1 aliphatic rings. The SMILES string of the molecule is Cc1nc(C)c2cc(B3OC(C)(C)C(C)(C)O3)ccc2n1. The third-order valence-corrected chi connectivity index (χ3v) is 4.55. The van der Waals surface area contributed by atoms with E-state index in [0.29, 0.717) is 0 Å². The Kier molecular flexibility index (Phi) is 3.12. The van der Waals surface area contributed by atoms with Crippen LogP contribution in [-0.4, -0.2) is 28.3 Å². The molecule has 0 saturated carbocycles. The molecule has 3 rings (SSSR count). The van der Waals surface area contributed by atoms with Gasteiger partial charge in [0.15, 0.2) is 0 Å². The van der Waals surface area contributed by atoms with Crippen LogP contribution in [0, 0.1) is 13.8 Å². The van der Waals surface area contributed by atoms with Crippen molar-refractivity contribution in [1.82, 2.24) is 9.97 Å². The molecule has 0 spiro atoms. The average molecular weight is 284 g/mol. The molecule has 2 heterocycles. The van der Waals surface area contributed by atoms with Gasteiger partial charge in [0, 0.05) is 11.1 Å². The van der Waals surface area contributed by atoms with Gasteiger partial charge in [-0.05, 0) is 53.1 Å². The van der Waals surface area contributed by atoms with Gasteiger partial charge in [-0.25, -0.2) is 9.97 Å². The van der Waals surface area contributed by atoms with Gasteiger partial charge in [-0.1, -0.05) is 12.1 Å². The standard InChI is InChI=1S/C16H21BN2O2/c1-10-13-9-12(7-8-14(13)19-11(2)18-10)17-20-15(3,4)16(5,6)21-17/h7-9H,1-6H3. The van der Waals surface area contributed by atoms with Gasteiger partial charge < -0.3 is 9.31 Å². The van der Waals surface area contributed by atoms with E-state index >= 15 is 0 Å². The van der Waals surface area contributed by atoms with Crippen LogP contribution in [0.1, 0.15) is 39.2 Å². The molecule has 0 bridgehead atoms. The van der Waals surface area contributed by atoms with Gasteiger partial charge in [0.2, 0.25) is 0 Å². The monoisotopic (exact) mass is 284 g/mol. The number of aryl methyl sites for hydroxylation is 2. The van der Waals surface area contributed by atoms with Crippen LogP contribution in [0.2, 0.25) is 0 Å². The van der Waals surface area contributed by atoms with Crippen molar-refractivity contribution in [3.05, 3.63) is 29.7 Å². The first-order valence-electron chi connectivity index (χ1n) is 7.30. The quantitative estimate of drug-likeness (QED) is 0.755. The van der Waals surface area contributed by atoms with Crippen molar-refractivity contribution < 1.29 is 9.31 Å². The predicted octanol–water partition coefficient (Wildman–Crippen LogP) is 2.55. The average Bonchev–Trinajstić information content (AvgIpc) is 2.58. The van der Waals surface area contributed by atoms with Gasteiger partial charge in [0.1, 0.15) is 5.82 Å². The maximum Gasteiger partial charge on any atom is 0.494 e. The van der Waals surface area contributed by atoms with Crippen molar-refractivity contribution in [2.45, 2.75) is 52.7 Å². The molecule has 21 heavy (non-hydrogen) atoms. The first-order chi connectivity index (χ1) is 9.69. The van der Waals surface area contributed by atoms with E-state index in [1.165, 1.54) is 0 Å². The maximum atomic E-state index is 6.10. The number of hydrogen-bond acceptors (Lipinski definition) is 4. The molecule has 0 aliphatic carbocycles. The highest BCUT2D eigenvalue weighted by molar-refractivity contribution is 6.62. The van der Waals surface area contributed by atoms with Crippen LogP contribution in [0.3, 0.4) is 0 Å². The molecule has 110 valence electrons. The van der Waals surface area contributed by atoms with Crippen molar-refractivity contribution in [2.75, 3.05) is 0 Å². The number of fused-ring (bicyclic) bond motifs is 1. The van der Waals surface area contributed by atoms with Gasteiger partial charge in [0.25, 0.3) is 0 Å². The second-order valence-electron chi connectivity index (χ2n) is 6.72. The van der Waals surface area contributed by atoms with Gasteiger partial charge in [-0.2, -0.15) is 0 Å². The molecule has 0 amide bonds. The van der Waals surface area contributed by atoms with Crippen LogP contribution in [-0.2, 0) is 9.31 Å². The Morgan fingerprint density at radius 2 is 1.57 bits per heavy atom. The second kappa shape index (κ2) is 4.52. The highest BCUT2D eigenvalue weighted by atomic mass is 16.7. The minimum absolute atomic E-state index is 0.328. The molecule has 0 atom stereocenters. The van der Waals surface area contributed by atoms with E-state index in [4.69, 9.17) is 9.31 Å². The summed E-state index contributed by atoms with van der Waals surface area (Å²) in [7, 11) is -0.347. The third-order valence-electron chi connectivity index (χ3n) is 4.55. The highest BCUT2D eigenvalue weighted by Gasteiger charge is 2.51. The Labute approximate surface area is 126 Å². The normalized spacial score (nSPS) is 20.2. The van der Waals surface area contributed by atoms with Crippen LogP contribution in [0.25, 0.3) is 10.9 Å². The molecule has 0 unspecified atom stereocenters. The van der Waals surface area contributed by atoms with Crippen molar-refractivity contribution in [1.29, 1.82) is 0 Å². The summed E-state index contributed by atoms with van der Waals surface area (Å²) in [4.78, 5) is 8.90. The summed E-state index contributed by atoms with van der Waals surface area (Å²) in [5.74, 6) is 0.795. The van der Waals surface area contributed by atoms with Crippen LogP contribution in [0.5, 0.6) is 0 Å². The molecule has 2 aromatic rings. The number of benzene rings is 1. The van der Waals surface area contributed by atoms with Crippen LogP contribution in [0.4, 0.5) is 0 Å². The molecule has 1 saturated heterocycles. The summed E-state index contributed by atoms with van der Waals surface area (Å²) in [5, 5.41) is 1.05. The fourth-order valence-corrected chi connectivity index (χ4v) is 2.57. The van der Waals surface area contributed by atoms with Gasteiger partial charge in [0.05, 0.1) is 16.7 Å². The molecule has 1 fully saturated rings. The van der Waals surface area contributed by atoms with E-state index in [9.17, 15) is 0 Å². The molecule has 4 nitrogen and oxygen atoms in total. The largest absolute Gasteiger partial charge is 0.494 e. The molecular weight excluding hydrogens is 263 g/mol. The Bertz CT molecular complexity index is 697. The van der Waals surface area contributed by atoms with E-state index in [1.54, 1.807) is 0 Å². The van der Waals surface area contributed by atoms with E-state index in [-0.39, 0.29) is 18.3 Å². The molecule has 1 aromatic carbocycles. The molecule has 1 aromatic heterocycles. The maximum absolute atomic E-state index is 6.10. The molecule has 5 heteroatoms. The topological polar surface area (TPSA) is 44.2 Å². The van der Waals surface area contributed by atoms with Crippen molar-refractivity contribution in [2.24, 2.45) is 0 Å². The van der Waals surface area contributed by atoms with Crippen LogP contribution >= 0.6 is 0 Å². The van der Waals surface area contributed by atoms with E-state index in [2.05, 4.69) is 43.7 Å². The first kappa shape index (κ1) is 14.5. The summed E-state index contributed by atoms with van der Waals surface area (Å²) < 4.78 is 12.2. The number of nitrogens with zero attached hydrogens (tertiary/aromatic N) is 2. The Balaban J connectivity index is 2.03. The molecule has 0 radical (unpaired) electrons. The Morgan fingerprint density at radius 1 is 0.952 bits per heavy atom. The summed E-state index contributed by atoms with van der Waals surface area (Å²) in [5.41, 5.74) is 2.30. The molecular formula is C16H21BN2O2. The lowest BCUT2D eigenvalue weighted by Gasteiger charge is -2.32. The van der Waals surface area contributed by atoms with Gasteiger partial charge in [-0.15, -0.1) is 0 Å². The van der Waals surface area contributed by atoms with Crippen LogP contribution < -0.4 is 5.46 Å². The summed E-state index contributed by atoms with van der Waals surface area (Å²) in [6.45, 7) is 12.2. The third kappa shape index (κ3) is 2.34.